The molecule has 3 heteroatoms. The van der Waals surface area contributed by atoms with Crippen LogP contribution in [0, 0.1) is 0 Å². The number of rotatable bonds is 4. The third kappa shape index (κ3) is 4.73. The Morgan fingerprint density at radius 3 is 2.35 bits per heavy atom. The van der Waals surface area contributed by atoms with Gasteiger partial charge in [-0.1, -0.05) is 20.8 Å². The quantitative estimate of drug-likeness (QED) is 0.803. The lowest BCUT2D eigenvalue weighted by Crippen LogP contribution is -2.28. The predicted molar refractivity (Wildman–Crippen MR) is 71.6 cm³/mol. The van der Waals surface area contributed by atoms with E-state index in [1.165, 1.54) is 0 Å². The lowest BCUT2D eigenvalue weighted by molar-refractivity contribution is 0.176. The van der Waals surface area contributed by atoms with Crippen molar-refractivity contribution in [3.63, 3.8) is 0 Å². The third-order valence-corrected chi connectivity index (χ3v) is 2.46. The number of pyridine rings is 1. The van der Waals surface area contributed by atoms with Crippen LogP contribution in [0.3, 0.4) is 0 Å². The molecule has 1 heterocycles. The first-order valence-electron chi connectivity index (χ1n) is 6.07. The van der Waals surface area contributed by atoms with Gasteiger partial charge in [0.15, 0.2) is 0 Å². The fourth-order valence-corrected chi connectivity index (χ4v) is 1.68. The number of ether oxygens (including phenoxy) is 1. The summed E-state index contributed by atoms with van der Waals surface area (Å²) in [5, 5.41) is 0. The Kier molecular flexibility index (Phi) is 4.52. The minimum atomic E-state index is 0.0911. The Bertz CT molecular complexity index is 338. The van der Waals surface area contributed by atoms with E-state index in [1.54, 1.807) is 0 Å². The van der Waals surface area contributed by atoms with Gasteiger partial charge in [-0.05, 0) is 33.2 Å². The maximum atomic E-state index is 5.79. The first-order valence-corrected chi connectivity index (χ1v) is 6.07. The van der Waals surface area contributed by atoms with Crippen LogP contribution in [-0.4, -0.2) is 36.6 Å². The fourth-order valence-electron chi connectivity index (χ4n) is 1.68. The van der Waals surface area contributed by atoms with Gasteiger partial charge in [0, 0.05) is 17.7 Å². The molecule has 1 aromatic heterocycles. The first-order chi connectivity index (χ1) is 7.79. The third-order valence-electron chi connectivity index (χ3n) is 2.46. The molecule has 17 heavy (non-hydrogen) atoms. The Morgan fingerprint density at radius 1 is 1.29 bits per heavy atom. The van der Waals surface area contributed by atoms with E-state index in [0.717, 1.165) is 18.0 Å². The van der Waals surface area contributed by atoms with Crippen LogP contribution in [0.15, 0.2) is 18.3 Å². The summed E-state index contributed by atoms with van der Waals surface area (Å²) in [6, 6.07) is 4.04. The zero-order valence-electron chi connectivity index (χ0n) is 11.8. The molecule has 0 aliphatic carbocycles. The molecule has 0 fully saturated rings. The molecule has 0 N–H and O–H groups in total. The van der Waals surface area contributed by atoms with Gasteiger partial charge in [0.2, 0.25) is 0 Å². The highest BCUT2D eigenvalue weighted by atomic mass is 16.5. The molecular formula is C14H24N2O. The molecular weight excluding hydrogens is 212 g/mol. The number of nitrogens with zero attached hydrogens (tertiary/aromatic N) is 2. The SMILES string of the molecule is CC(CN(C)C)Oc1ccc(C(C)(C)C)nc1. The van der Waals surface area contributed by atoms with Gasteiger partial charge in [-0.15, -0.1) is 0 Å². The van der Waals surface area contributed by atoms with Crippen molar-refractivity contribution in [1.29, 1.82) is 0 Å². The van der Waals surface area contributed by atoms with Gasteiger partial charge < -0.3 is 9.64 Å². The second-order valence-corrected chi connectivity index (χ2v) is 5.82. The summed E-state index contributed by atoms with van der Waals surface area (Å²) in [6.07, 6.45) is 1.99. The number of aromatic nitrogens is 1. The maximum absolute atomic E-state index is 5.79. The van der Waals surface area contributed by atoms with Crippen molar-refractivity contribution in [2.24, 2.45) is 0 Å². The van der Waals surface area contributed by atoms with Crippen molar-refractivity contribution >= 4 is 0 Å². The normalized spacial score (nSPS) is 13.8. The van der Waals surface area contributed by atoms with Crippen molar-refractivity contribution in [3.8, 4) is 5.75 Å². The molecule has 1 aromatic rings. The minimum absolute atomic E-state index is 0.0911. The smallest absolute Gasteiger partial charge is 0.138 e. The summed E-state index contributed by atoms with van der Waals surface area (Å²) in [7, 11) is 4.08. The van der Waals surface area contributed by atoms with Crippen LogP contribution in [0.1, 0.15) is 33.4 Å². The standard InChI is InChI=1S/C14H24N2O/c1-11(10-16(5)6)17-12-7-8-13(15-9-12)14(2,3)4/h7-9,11H,10H2,1-6H3. The van der Waals surface area contributed by atoms with E-state index < -0.39 is 0 Å². The molecule has 0 aliphatic rings. The summed E-state index contributed by atoms with van der Waals surface area (Å²) in [6.45, 7) is 9.44. The van der Waals surface area contributed by atoms with E-state index in [9.17, 15) is 0 Å². The van der Waals surface area contributed by atoms with E-state index in [4.69, 9.17) is 4.74 Å². The predicted octanol–water partition coefficient (Wildman–Crippen LogP) is 2.71. The topological polar surface area (TPSA) is 25.4 Å². The second-order valence-electron chi connectivity index (χ2n) is 5.82. The van der Waals surface area contributed by atoms with Gasteiger partial charge in [-0.2, -0.15) is 0 Å². The van der Waals surface area contributed by atoms with Crippen LogP contribution in [0.4, 0.5) is 0 Å². The molecule has 0 saturated heterocycles. The summed E-state index contributed by atoms with van der Waals surface area (Å²) in [5.41, 5.74) is 1.18. The monoisotopic (exact) mass is 236 g/mol. The zero-order chi connectivity index (χ0) is 13.1. The van der Waals surface area contributed by atoms with E-state index in [1.807, 2.05) is 32.4 Å². The molecule has 0 aliphatic heterocycles. The maximum Gasteiger partial charge on any atom is 0.138 e. The lowest BCUT2D eigenvalue weighted by atomic mass is 9.92. The number of likely N-dealkylation sites (N-methyl/N-ethyl adjacent to an activating group) is 1. The van der Waals surface area contributed by atoms with Crippen LogP contribution in [0.5, 0.6) is 5.75 Å². The Morgan fingerprint density at radius 2 is 1.94 bits per heavy atom. The van der Waals surface area contributed by atoms with Crippen LogP contribution >= 0.6 is 0 Å². The largest absolute Gasteiger partial charge is 0.488 e. The average Bonchev–Trinajstić information content (AvgIpc) is 2.15. The zero-order valence-corrected chi connectivity index (χ0v) is 11.8. The van der Waals surface area contributed by atoms with Crippen molar-refractivity contribution < 1.29 is 4.74 Å². The summed E-state index contributed by atoms with van der Waals surface area (Å²) < 4.78 is 5.79. The van der Waals surface area contributed by atoms with E-state index >= 15 is 0 Å². The van der Waals surface area contributed by atoms with Crippen LogP contribution in [0.25, 0.3) is 0 Å². The molecule has 0 bridgehead atoms. The summed E-state index contributed by atoms with van der Waals surface area (Å²) in [4.78, 5) is 6.56. The van der Waals surface area contributed by atoms with Gasteiger partial charge in [0.05, 0.1) is 6.20 Å². The lowest BCUT2D eigenvalue weighted by Gasteiger charge is -2.20. The van der Waals surface area contributed by atoms with Gasteiger partial charge in [0.25, 0.3) is 0 Å². The summed E-state index contributed by atoms with van der Waals surface area (Å²) >= 11 is 0. The highest BCUT2D eigenvalue weighted by molar-refractivity contribution is 5.23. The molecule has 96 valence electrons. The van der Waals surface area contributed by atoms with E-state index in [-0.39, 0.29) is 11.5 Å². The fraction of sp³-hybridized carbons (Fsp3) is 0.643. The highest BCUT2D eigenvalue weighted by Gasteiger charge is 2.15. The van der Waals surface area contributed by atoms with Gasteiger partial charge in [-0.3, -0.25) is 4.98 Å². The van der Waals surface area contributed by atoms with Crippen molar-refractivity contribution in [1.82, 2.24) is 9.88 Å². The first kappa shape index (κ1) is 14.0. The molecule has 0 amide bonds. The molecule has 0 radical (unpaired) electrons. The van der Waals surface area contributed by atoms with E-state index in [0.29, 0.717) is 0 Å². The molecule has 0 saturated carbocycles. The van der Waals surface area contributed by atoms with Gasteiger partial charge >= 0.3 is 0 Å². The summed E-state index contributed by atoms with van der Waals surface area (Å²) in [5.74, 6) is 0.840. The molecule has 1 rings (SSSR count). The number of hydrogen-bond donors (Lipinski definition) is 0. The van der Waals surface area contributed by atoms with Crippen molar-refractivity contribution in [2.75, 3.05) is 20.6 Å². The number of hydrogen-bond acceptors (Lipinski definition) is 3. The average molecular weight is 236 g/mol. The Balaban J connectivity index is 2.63. The molecule has 3 nitrogen and oxygen atoms in total. The van der Waals surface area contributed by atoms with Gasteiger partial charge in [-0.25, -0.2) is 0 Å². The highest BCUT2D eigenvalue weighted by Crippen LogP contribution is 2.21. The molecule has 0 spiro atoms. The Labute approximate surface area is 105 Å². The second kappa shape index (κ2) is 5.50. The van der Waals surface area contributed by atoms with Crippen LogP contribution < -0.4 is 4.74 Å². The van der Waals surface area contributed by atoms with Gasteiger partial charge in [0.1, 0.15) is 11.9 Å². The Hall–Kier alpha value is -1.09. The molecule has 0 aromatic carbocycles. The molecule has 1 unspecified atom stereocenters. The van der Waals surface area contributed by atoms with Crippen molar-refractivity contribution in [3.05, 3.63) is 24.0 Å². The molecule has 1 atom stereocenters. The van der Waals surface area contributed by atoms with Crippen LogP contribution in [-0.2, 0) is 5.41 Å². The van der Waals surface area contributed by atoms with Crippen LogP contribution in [0.2, 0.25) is 0 Å². The minimum Gasteiger partial charge on any atom is -0.488 e. The van der Waals surface area contributed by atoms with Crippen molar-refractivity contribution in [2.45, 2.75) is 39.2 Å². The van der Waals surface area contributed by atoms with E-state index in [2.05, 4.69) is 37.6 Å².